The van der Waals surface area contributed by atoms with Crippen LogP contribution in [0.15, 0.2) is 54.1 Å². The number of carbonyl (C=O) groups is 2. The van der Waals surface area contributed by atoms with E-state index in [0.717, 1.165) is 18.7 Å². The van der Waals surface area contributed by atoms with Crippen molar-refractivity contribution in [3.05, 3.63) is 65.2 Å². The van der Waals surface area contributed by atoms with E-state index in [4.69, 9.17) is 9.47 Å². The first kappa shape index (κ1) is 25.3. The zero-order valence-corrected chi connectivity index (χ0v) is 20.6. The minimum atomic E-state index is -0.687. The molecule has 182 valence electrons. The predicted molar refractivity (Wildman–Crippen MR) is 132 cm³/mol. The third-order valence-corrected chi connectivity index (χ3v) is 6.02. The smallest absolute Gasteiger partial charge is 0.295 e. The Hall–Kier alpha value is -3.32. The monoisotopic (exact) mass is 466 g/mol. The van der Waals surface area contributed by atoms with E-state index in [1.165, 1.54) is 0 Å². The standard InChI is InChI=1S/C27H34N2O5/c1-6-28(7-2)16-17-29-24(19-8-12-21(33-5)13-9-19)23(26(31)27(29)32)25(30)20-10-14-22(15-11-20)34-18(3)4/h8-15,18,24,30H,6-7,16-17H2,1-5H3/t24-/m0/s1. The van der Waals surface area contributed by atoms with Crippen LogP contribution in [0.4, 0.5) is 0 Å². The summed E-state index contributed by atoms with van der Waals surface area (Å²) in [6.45, 7) is 10.7. The van der Waals surface area contributed by atoms with Gasteiger partial charge in [0.05, 0.1) is 24.8 Å². The average Bonchev–Trinajstić information content (AvgIpc) is 3.09. The first-order chi connectivity index (χ1) is 16.3. The average molecular weight is 467 g/mol. The minimum Gasteiger partial charge on any atom is -0.507 e. The molecule has 0 spiro atoms. The lowest BCUT2D eigenvalue weighted by Gasteiger charge is -2.28. The van der Waals surface area contributed by atoms with E-state index in [9.17, 15) is 14.7 Å². The molecule has 1 aliphatic heterocycles. The summed E-state index contributed by atoms with van der Waals surface area (Å²) in [7, 11) is 1.58. The molecule has 1 aliphatic rings. The summed E-state index contributed by atoms with van der Waals surface area (Å²) < 4.78 is 10.9. The van der Waals surface area contributed by atoms with E-state index >= 15 is 0 Å². The molecule has 0 bridgehead atoms. The van der Waals surface area contributed by atoms with E-state index in [-0.39, 0.29) is 17.4 Å². The normalized spacial score (nSPS) is 17.6. The number of rotatable bonds is 10. The summed E-state index contributed by atoms with van der Waals surface area (Å²) in [6, 6.07) is 13.4. The zero-order chi connectivity index (χ0) is 24.8. The van der Waals surface area contributed by atoms with Gasteiger partial charge in [0.15, 0.2) is 0 Å². The van der Waals surface area contributed by atoms with Gasteiger partial charge in [-0.15, -0.1) is 0 Å². The van der Waals surface area contributed by atoms with Crippen LogP contribution in [0.25, 0.3) is 5.76 Å². The fourth-order valence-electron chi connectivity index (χ4n) is 4.15. The number of nitrogens with zero attached hydrogens (tertiary/aromatic N) is 2. The molecule has 2 aromatic carbocycles. The van der Waals surface area contributed by atoms with Gasteiger partial charge in [-0.05, 0) is 68.9 Å². The number of methoxy groups -OCH3 is 1. The van der Waals surface area contributed by atoms with Gasteiger partial charge < -0.3 is 24.4 Å². The molecule has 1 amide bonds. The third kappa shape index (κ3) is 5.42. The highest BCUT2D eigenvalue weighted by Gasteiger charge is 2.45. The van der Waals surface area contributed by atoms with Crippen LogP contribution in [0.1, 0.15) is 44.9 Å². The second-order valence-electron chi connectivity index (χ2n) is 8.48. The van der Waals surface area contributed by atoms with E-state index in [1.54, 1.807) is 48.4 Å². The van der Waals surface area contributed by atoms with Gasteiger partial charge >= 0.3 is 0 Å². The fourth-order valence-corrected chi connectivity index (χ4v) is 4.15. The summed E-state index contributed by atoms with van der Waals surface area (Å²) in [4.78, 5) is 30.0. The van der Waals surface area contributed by atoms with Gasteiger partial charge in [-0.25, -0.2) is 0 Å². The Morgan fingerprint density at radius 1 is 1.00 bits per heavy atom. The maximum absolute atomic E-state index is 13.2. The number of aliphatic hydroxyl groups is 1. The van der Waals surface area contributed by atoms with Crippen LogP contribution in [0, 0.1) is 0 Å². The van der Waals surface area contributed by atoms with Crippen LogP contribution in [0.5, 0.6) is 11.5 Å². The molecular weight excluding hydrogens is 432 g/mol. The zero-order valence-electron chi connectivity index (χ0n) is 20.6. The summed E-state index contributed by atoms with van der Waals surface area (Å²) in [5.41, 5.74) is 1.28. The number of carbonyl (C=O) groups excluding carboxylic acids is 2. The third-order valence-electron chi connectivity index (χ3n) is 6.02. The Labute approximate surface area is 201 Å². The number of benzene rings is 2. The number of Topliss-reactive ketones (excluding diaryl/α,β-unsaturated/α-hetero) is 1. The Morgan fingerprint density at radius 2 is 1.59 bits per heavy atom. The van der Waals surface area contributed by atoms with Gasteiger partial charge in [-0.1, -0.05) is 26.0 Å². The molecule has 1 fully saturated rings. The van der Waals surface area contributed by atoms with E-state index in [2.05, 4.69) is 18.7 Å². The minimum absolute atomic E-state index is 0.0191. The molecule has 1 heterocycles. The summed E-state index contributed by atoms with van der Waals surface area (Å²) in [5, 5.41) is 11.2. The van der Waals surface area contributed by atoms with Gasteiger partial charge in [0.25, 0.3) is 11.7 Å². The lowest BCUT2D eigenvalue weighted by atomic mass is 9.95. The van der Waals surface area contributed by atoms with Crippen LogP contribution in [-0.2, 0) is 9.59 Å². The highest BCUT2D eigenvalue weighted by atomic mass is 16.5. The molecule has 1 saturated heterocycles. The Morgan fingerprint density at radius 3 is 2.12 bits per heavy atom. The molecule has 3 rings (SSSR count). The first-order valence-electron chi connectivity index (χ1n) is 11.7. The molecule has 0 saturated carbocycles. The van der Waals surface area contributed by atoms with Crippen molar-refractivity contribution in [3.63, 3.8) is 0 Å². The maximum Gasteiger partial charge on any atom is 0.295 e. The second-order valence-corrected chi connectivity index (χ2v) is 8.48. The summed E-state index contributed by atoms with van der Waals surface area (Å²) >= 11 is 0. The number of amides is 1. The van der Waals surface area contributed by atoms with Crippen LogP contribution < -0.4 is 9.47 Å². The predicted octanol–water partition coefficient (Wildman–Crippen LogP) is 4.25. The lowest BCUT2D eigenvalue weighted by molar-refractivity contribution is -0.140. The lowest BCUT2D eigenvalue weighted by Crippen LogP contribution is -2.38. The molecule has 1 atom stereocenters. The number of ketones is 1. The molecule has 34 heavy (non-hydrogen) atoms. The van der Waals surface area contributed by atoms with Gasteiger partial charge in [-0.3, -0.25) is 9.59 Å². The second kappa shape index (κ2) is 11.2. The number of likely N-dealkylation sites (N-methyl/N-ethyl adjacent to an activating group) is 1. The van der Waals surface area contributed by atoms with Crippen molar-refractivity contribution in [2.75, 3.05) is 33.3 Å². The largest absolute Gasteiger partial charge is 0.507 e. The number of aliphatic hydroxyl groups excluding tert-OH is 1. The molecule has 7 heteroatoms. The van der Waals surface area contributed by atoms with E-state index < -0.39 is 17.7 Å². The molecule has 0 unspecified atom stereocenters. The molecule has 1 N–H and O–H groups in total. The van der Waals surface area contributed by atoms with Crippen LogP contribution in [0.2, 0.25) is 0 Å². The number of likely N-dealkylation sites (tertiary alicyclic amines) is 1. The van der Waals surface area contributed by atoms with Gasteiger partial charge in [0, 0.05) is 18.7 Å². The van der Waals surface area contributed by atoms with Gasteiger partial charge in [0.2, 0.25) is 0 Å². The Balaban J connectivity index is 2.04. The highest BCUT2D eigenvalue weighted by Crippen LogP contribution is 2.39. The maximum atomic E-state index is 13.2. The molecule has 0 aliphatic carbocycles. The van der Waals surface area contributed by atoms with Crippen molar-refractivity contribution < 1.29 is 24.2 Å². The topological polar surface area (TPSA) is 79.3 Å². The quantitative estimate of drug-likeness (QED) is 0.320. The first-order valence-corrected chi connectivity index (χ1v) is 11.7. The van der Waals surface area contributed by atoms with Crippen LogP contribution in [0.3, 0.4) is 0 Å². The van der Waals surface area contributed by atoms with Crippen molar-refractivity contribution in [3.8, 4) is 11.5 Å². The Bertz CT molecular complexity index is 1020. The van der Waals surface area contributed by atoms with Crippen LogP contribution in [-0.4, -0.2) is 66.0 Å². The van der Waals surface area contributed by atoms with Crippen molar-refractivity contribution in [2.24, 2.45) is 0 Å². The van der Waals surface area contributed by atoms with E-state index in [1.807, 2.05) is 26.0 Å². The number of hydrogen-bond acceptors (Lipinski definition) is 6. The number of hydrogen-bond donors (Lipinski definition) is 1. The SMILES string of the molecule is CCN(CC)CCN1C(=O)C(=O)C(=C(O)c2ccc(OC(C)C)cc2)[C@@H]1c1ccc(OC)cc1. The van der Waals surface area contributed by atoms with Gasteiger partial charge in [-0.2, -0.15) is 0 Å². The van der Waals surface area contributed by atoms with Crippen molar-refractivity contribution in [2.45, 2.75) is 39.8 Å². The van der Waals surface area contributed by atoms with Crippen molar-refractivity contribution in [1.29, 1.82) is 0 Å². The molecule has 2 aromatic rings. The summed E-state index contributed by atoms with van der Waals surface area (Å²) in [6.07, 6.45) is 0.0191. The number of ether oxygens (including phenoxy) is 2. The van der Waals surface area contributed by atoms with E-state index in [0.29, 0.717) is 30.2 Å². The molecule has 0 aromatic heterocycles. The van der Waals surface area contributed by atoms with Crippen molar-refractivity contribution >= 4 is 17.4 Å². The van der Waals surface area contributed by atoms with Gasteiger partial charge in [0.1, 0.15) is 17.3 Å². The summed E-state index contributed by atoms with van der Waals surface area (Å²) in [5.74, 6) is -0.141. The molecule has 0 radical (unpaired) electrons. The molecular formula is C27H34N2O5. The highest BCUT2D eigenvalue weighted by molar-refractivity contribution is 6.46. The van der Waals surface area contributed by atoms with Crippen molar-refractivity contribution in [1.82, 2.24) is 9.80 Å². The Kier molecular flexibility index (Phi) is 8.34. The van der Waals surface area contributed by atoms with Crippen LogP contribution >= 0.6 is 0 Å². The fraction of sp³-hybridized carbons (Fsp3) is 0.407. The molecule has 7 nitrogen and oxygen atoms in total.